The van der Waals surface area contributed by atoms with Crippen molar-refractivity contribution in [3.05, 3.63) is 74.6 Å². The van der Waals surface area contributed by atoms with E-state index in [0.29, 0.717) is 11.5 Å². The maximum atomic E-state index is 13.0. The van der Waals surface area contributed by atoms with Gasteiger partial charge in [-0.25, -0.2) is 5.43 Å². The average Bonchev–Trinajstić information content (AvgIpc) is 3.18. The molecule has 7 nitrogen and oxygen atoms in total. The Morgan fingerprint density at radius 3 is 2.40 bits per heavy atom. The van der Waals surface area contributed by atoms with E-state index in [-0.39, 0.29) is 21.7 Å². The summed E-state index contributed by atoms with van der Waals surface area (Å²) >= 11 is 6.78. The molecule has 2 N–H and O–H groups in total. The van der Waals surface area contributed by atoms with Crippen molar-refractivity contribution >= 4 is 46.0 Å². The number of anilines is 1. The first-order valence-electron chi connectivity index (χ1n) is 9.87. The molecule has 12 heteroatoms. The van der Waals surface area contributed by atoms with Gasteiger partial charge in [0.15, 0.2) is 11.5 Å². The van der Waals surface area contributed by atoms with Gasteiger partial charge >= 0.3 is 6.18 Å². The van der Waals surface area contributed by atoms with Gasteiger partial charge in [0.05, 0.1) is 36.6 Å². The number of carbonyl (C=O) groups excluding carboxylic acids is 2. The van der Waals surface area contributed by atoms with E-state index in [4.69, 9.17) is 21.1 Å². The summed E-state index contributed by atoms with van der Waals surface area (Å²) in [5, 5.41) is 6.25. The van der Waals surface area contributed by atoms with E-state index in [9.17, 15) is 22.8 Å². The summed E-state index contributed by atoms with van der Waals surface area (Å²) in [6, 6.07) is 9.43. The Morgan fingerprint density at radius 1 is 1.03 bits per heavy atom. The highest BCUT2D eigenvalue weighted by Crippen LogP contribution is 2.35. The van der Waals surface area contributed by atoms with Crippen LogP contribution in [0.5, 0.6) is 11.5 Å². The lowest BCUT2D eigenvalue weighted by Crippen LogP contribution is -2.20. The minimum Gasteiger partial charge on any atom is -0.493 e. The molecule has 0 aliphatic rings. The normalized spacial score (nSPS) is 11.4. The molecule has 0 atom stereocenters. The van der Waals surface area contributed by atoms with Crippen LogP contribution in [0.2, 0.25) is 5.02 Å². The Balaban J connectivity index is 1.74. The van der Waals surface area contributed by atoms with Crippen molar-refractivity contribution in [2.24, 2.45) is 5.10 Å². The molecule has 3 rings (SSSR count). The molecule has 1 heterocycles. The number of amides is 2. The van der Waals surface area contributed by atoms with Gasteiger partial charge in [-0.2, -0.15) is 18.3 Å². The van der Waals surface area contributed by atoms with Gasteiger partial charge in [0, 0.05) is 10.4 Å². The van der Waals surface area contributed by atoms with Crippen LogP contribution in [0.3, 0.4) is 0 Å². The summed E-state index contributed by atoms with van der Waals surface area (Å²) in [5.41, 5.74) is 1.76. The van der Waals surface area contributed by atoms with Gasteiger partial charge in [0.25, 0.3) is 11.8 Å². The minimum atomic E-state index is -4.63. The quantitative estimate of drug-likeness (QED) is 0.303. The van der Waals surface area contributed by atoms with E-state index in [1.165, 1.54) is 37.7 Å². The van der Waals surface area contributed by atoms with Crippen molar-refractivity contribution in [3.8, 4) is 11.5 Å². The first kappa shape index (κ1) is 26.0. The van der Waals surface area contributed by atoms with Crippen LogP contribution in [-0.4, -0.2) is 32.2 Å². The van der Waals surface area contributed by atoms with Crippen LogP contribution in [0.4, 0.5) is 18.2 Å². The first-order chi connectivity index (χ1) is 16.5. The molecule has 184 valence electrons. The standard InChI is InChI=1S/C23H19ClF3N3O4S/c1-12-8-15(21(32)30-28-11-13-4-6-17(24)16(9-13)23(25,26)27)22(35-12)29-20(31)14-5-7-18(33-2)19(10-14)34-3/h4-11H,1-3H3,(H,29,31)(H,30,32)/b28-11+. The number of rotatable bonds is 7. The number of aryl methyl sites for hydroxylation is 1. The molecule has 0 aliphatic carbocycles. The number of thiophene rings is 1. The fraction of sp³-hybridized carbons (Fsp3) is 0.174. The molecule has 3 aromatic rings. The molecule has 0 fully saturated rings. The first-order valence-corrected chi connectivity index (χ1v) is 11.1. The number of nitrogens with zero attached hydrogens (tertiary/aromatic N) is 1. The molecule has 0 radical (unpaired) electrons. The highest BCUT2D eigenvalue weighted by atomic mass is 35.5. The van der Waals surface area contributed by atoms with Crippen LogP contribution in [0.1, 0.15) is 36.7 Å². The molecule has 0 saturated carbocycles. The number of nitrogens with one attached hydrogen (secondary N) is 2. The maximum absolute atomic E-state index is 13.0. The zero-order valence-corrected chi connectivity index (χ0v) is 20.2. The smallest absolute Gasteiger partial charge is 0.417 e. The molecule has 0 unspecified atom stereocenters. The fourth-order valence-corrected chi connectivity index (χ4v) is 4.12. The van der Waals surface area contributed by atoms with Crippen LogP contribution in [-0.2, 0) is 6.18 Å². The number of hydrazone groups is 1. The second kappa shape index (κ2) is 10.8. The van der Waals surface area contributed by atoms with Crippen LogP contribution in [0, 0.1) is 6.92 Å². The molecule has 35 heavy (non-hydrogen) atoms. The third-order valence-electron chi connectivity index (χ3n) is 4.65. The Labute approximate surface area is 207 Å². The van der Waals surface area contributed by atoms with Gasteiger partial charge in [-0.15, -0.1) is 11.3 Å². The summed E-state index contributed by atoms with van der Waals surface area (Å²) in [6.07, 6.45) is -3.57. The largest absolute Gasteiger partial charge is 0.493 e. The monoisotopic (exact) mass is 525 g/mol. The predicted molar refractivity (Wildman–Crippen MR) is 128 cm³/mol. The lowest BCUT2D eigenvalue weighted by molar-refractivity contribution is -0.137. The lowest BCUT2D eigenvalue weighted by Gasteiger charge is -2.10. The Bertz CT molecular complexity index is 1290. The van der Waals surface area contributed by atoms with Crippen molar-refractivity contribution in [2.45, 2.75) is 13.1 Å². The molecular formula is C23H19ClF3N3O4S. The summed E-state index contributed by atoms with van der Waals surface area (Å²) in [6.45, 7) is 1.75. The summed E-state index contributed by atoms with van der Waals surface area (Å²) in [5.74, 6) is -0.313. The van der Waals surface area contributed by atoms with Gasteiger partial charge < -0.3 is 14.8 Å². The minimum absolute atomic E-state index is 0.0884. The number of ether oxygens (including phenoxy) is 2. The zero-order valence-electron chi connectivity index (χ0n) is 18.6. The number of halogens is 4. The number of alkyl halides is 3. The molecule has 0 aliphatic heterocycles. The van der Waals surface area contributed by atoms with Gasteiger partial charge in [0.2, 0.25) is 0 Å². The van der Waals surface area contributed by atoms with E-state index < -0.39 is 28.6 Å². The highest BCUT2D eigenvalue weighted by Gasteiger charge is 2.33. The fourth-order valence-electron chi connectivity index (χ4n) is 2.99. The van der Waals surface area contributed by atoms with Crippen molar-refractivity contribution in [1.29, 1.82) is 0 Å². The van der Waals surface area contributed by atoms with Gasteiger partial charge in [-0.05, 0) is 48.9 Å². The number of hydrogen-bond acceptors (Lipinski definition) is 6. The van der Waals surface area contributed by atoms with Gasteiger partial charge in [-0.1, -0.05) is 17.7 Å². The summed E-state index contributed by atoms with van der Waals surface area (Å²) in [4.78, 5) is 26.1. The average molecular weight is 526 g/mol. The number of benzene rings is 2. The Kier molecular flexibility index (Phi) is 8.03. The third kappa shape index (κ3) is 6.31. The van der Waals surface area contributed by atoms with Crippen LogP contribution < -0.4 is 20.2 Å². The van der Waals surface area contributed by atoms with Crippen molar-refractivity contribution < 1.29 is 32.2 Å². The summed E-state index contributed by atoms with van der Waals surface area (Å²) < 4.78 is 49.4. The van der Waals surface area contributed by atoms with E-state index in [1.807, 2.05) is 0 Å². The van der Waals surface area contributed by atoms with Crippen molar-refractivity contribution in [3.63, 3.8) is 0 Å². The SMILES string of the molecule is COc1ccc(C(=O)Nc2sc(C)cc2C(=O)N/N=C/c2ccc(Cl)c(C(F)(F)F)c2)cc1OC. The molecule has 0 spiro atoms. The third-order valence-corrected chi connectivity index (χ3v) is 5.94. The molecule has 1 aromatic heterocycles. The van der Waals surface area contributed by atoms with Crippen LogP contribution in [0.15, 0.2) is 47.6 Å². The molecule has 0 saturated heterocycles. The Hall–Kier alpha value is -3.57. The maximum Gasteiger partial charge on any atom is 0.417 e. The summed E-state index contributed by atoms with van der Waals surface area (Å²) in [7, 11) is 2.92. The number of carbonyl (C=O) groups is 2. The second-order valence-corrected chi connectivity index (χ2v) is 8.72. The highest BCUT2D eigenvalue weighted by molar-refractivity contribution is 7.16. The topological polar surface area (TPSA) is 89.0 Å². The van der Waals surface area contributed by atoms with E-state index in [2.05, 4.69) is 15.8 Å². The lowest BCUT2D eigenvalue weighted by atomic mass is 10.1. The molecule has 2 aromatic carbocycles. The number of methoxy groups -OCH3 is 2. The second-order valence-electron chi connectivity index (χ2n) is 7.06. The zero-order chi connectivity index (χ0) is 25.8. The van der Waals surface area contributed by atoms with E-state index >= 15 is 0 Å². The van der Waals surface area contributed by atoms with Crippen LogP contribution in [0.25, 0.3) is 0 Å². The molecular weight excluding hydrogens is 507 g/mol. The Morgan fingerprint density at radius 2 is 1.74 bits per heavy atom. The predicted octanol–water partition coefficient (Wildman–Crippen LogP) is 5.76. The van der Waals surface area contributed by atoms with Crippen molar-refractivity contribution in [2.75, 3.05) is 19.5 Å². The number of hydrogen-bond donors (Lipinski definition) is 2. The van der Waals surface area contributed by atoms with E-state index in [0.717, 1.165) is 23.2 Å². The van der Waals surface area contributed by atoms with Crippen molar-refractivity contribution in [1.82, 2.24) is 5.43 Å². The van der Waals surface area contributed by atoms with Gasteiger partial charge in [0.1, 0.15) is 5.00 Å². The molecule has 0 bridgehead atoms. The van der Waals surface area contributed by atoms with Gasteiger partial charge in [-0.3, -0.25) is 9.59 Å². The van der Waals surface area contributed by atoms with E-state index in [1.54, 1.807) is 25.1 Å². The molecule has 2 amide bonds. The van der Waals surface area contributed by atoms with Crippen LogP contribution >= 0.6 is 22.9 Å².